The highest BCUT2D eigenvalue weighted by Gasteiger charge is 2.37. The van der Waals surface area contributed by atoms with E-state index in [0.29, 0.717) is 38.5 Å². The predicted octanol–water partition coefficient (Wildman–Crippen LogP) is 3.66. The van der Waals surface area contributed by atoms with Crippen LogP contribution < -0.4 is 0 Å². The fraction of sp³-hybridized carbons (Fsp3) is 0.818. The maximum atomic E-state index is 11.4. The summed E-state index contributed by atoms with van der Waals surface area (Å²) in [6, 6.07) is 0. The number of rotatable bonds is 6. The first kappa shape index (κ1) is 25.9. The molecule has 2 aliphatic rings. The Kier molecular flexibility index (Phi) is 8.87. The zero-order chi connectivity index (χ0) is 23.3. The summed E-state index contributed by atoms with van der Waals surface area (Å²) in [6.07, 6.45) is 3.12. The van der Waals surface area contributed by atoms with Crippen LogP contribution in [0, 0.1) is 23.7 Å². The molecule has 0 heterocycles. The van der Waals surface area contributed by atoms with Crippen LogP contribution in [0.15, 0.2) is 0 Å². The zero-order valence-corrected chi connectivity index (χ0v) is 18.9. The van der Waals surface area contributed by atoms with Crippen molar-refractivity contribution in [3.63, 3.8) is 0 Å². The molecule has 2 saturated carbocycles. The average Bonchev–Trinajstić information content (AvgIpc) is 2.41. The normalized spacial score (nSPS) is 25.5. The van der Waals surface area contributed by atoms with E-state index in [4.69, 9.17) is 19.7 Å². The molecule has 2 rings (SSSR count). The maximum Gasteiger partial charge on any atom is 0.306 e. The predicted molar refractivity (Wildman–Crippen MR) is 109 cm³/mol. The van der Waals surface area contributed by atoms with Gasteiger partial charge in [0.25, 0.3) is 0 Å². The van der Waals surface area contributed by atoms with Gasteiger partial charge in [-0.25, -0.2) is 0 Å². The topological polar surface area (TPSA) is 127 Å². The molecule has 0 spiro atoms. The molecule has 2 N–H and O–H groups in total. The van der Waals surface area contributed by atoms with E-state index < -0.39 is 23.1 Å². The molecule has 8 heteroatoms. The van der Waals surface area contributed by atoms with Crippen LogP contribution in [0.3, 0.4) is 0 Å². The molecule has 0 aliphatic heterocycles. The minimum atomic E-state index is -0.754. The lowest BCUT2D eigenvalue weighted by Crippen LogP contribution is -2.33. The number of carbonyl (C=O) groups excluding carboxylic acids is 2. The lowest BCUT2D eigenvalue weighted by molar-refractivity contribution is -0.160. The van der Waals surface area contributed by atoms with Crippen molar-refractivity contribution in [1.29, 1.82) is 0 Å². The second-order valence-corrected chi connectivity index (χ2v) is 10.3. The van der Waals surface area contributed by atoms with Gasteiger partial charge >= 0.3 is 23.9 Å². The van der Waals surface area contributed by atoms with E-state index in [1.165, 1.54) is 0 Å². The number of carboxylic acids is 2. The Morgan fingerprint density at radius 2 is 0.933 bits per heavy atom. The molecule has 30 heavy (non-hydrogen) atoms. The van der Waals surface area contributed by atoms with Gasteiger partial charge in [0.15, 0.2) is 0 Å². The number of hydrogen-bond acceptors (Lipinski definition) is 6. The SMILES string of the molecule is CC(C)(C)OC(=O)CC1CC(C(=O)O)C1.CC(C)(C)OC(=O)CC1CC(C(=O)O)C1. The average molecular weight is 429 g/mol. The highest BCUT2D eigenvalue weighted by atomic mass is 16.6. The maximum absolute atomic E-state index is 11.4. The monoisotopic (exact) mass is 428 g/mol. The van der Waals surface area contributed by atoms with Crippen molar-refractivity contribution in [2.45, 2.75) is 91.3 Å². The van der Waals surface area contributed by atoms with Crippen molar-refractivity contribution in [2.75, 3.05) is 0 Å². The van der Waals surface area contributed by atoms with E-state index in [9.17, 15) is 19.2 Å². The van der Waals surface area contributed by atoms with Gasteiger partial charge in [0.1, 0.15) is 11.2 Å². The molecule has 172 valence electrons. The standard InChI is InChI=1S/2C11H18O4/c2*1-11(2,3)15-9(12)6-7-4-8(5-7)10(13)14/h2*7-8H,4-6H2,1-3H3,(H,13,14). The summed E-state index contributed by atoms with van der Waals surface area (Å²) < 4.78 is 10.3. The van der Waals surface area contributed by atoms with E-state index >= 15 is 0 Å². The number of carbonyl (C=O) groups is 4. The molecule has 8 nitrogen and oxygen atoms in total. The third-order valence-electron chi connectivity index (χ3n) is 4.92. The first-order valence-electron chi connectivity index (χ1n) is 10.4. The summed E-state index contributed by atoms with van der Waals surface area (Å²) in [6.45, 7) is 11.0. The minimum Gasteiger partial charge on any atom is -0.481 e. The Labute approximate surface area is 178 Å². The van der Waals surface area contributed by atoms with E-state index in [1.54, 1.807) is 0 Å². The first-order chi connectivity index (χ1) is 13.6. The molecule has 0 unspecified atom stereocenters. The number of ether oxygens (including phenoxy) is 2. The molecule has 0 radical (unpaired) electrons. The van der Waals surface area contributed by atoms with E-state index in [-0.39, 0.29) is 35.6 Å². The molecule has 0 aromatic heterocycles. The Bertz CT molecular complexity index is 573. The molecule has 0 aromatic carbocycles. The number of carboxylic acid groups (broad SMARTS) is 2. The molecule has 2 fully saturated rings. The lowest BCUT2D eigenvalue weighted by Gasteiger charge is -2.32. The van der Waals surface area contributed by atoms with Gasteiger partial charge in [-0.1, -0.05) is 0 Å². The van der Waals surface area contributed by atoms with Crippen molar-refractivity contribution in [2.24, 2.45) is 23.7 Å². The van der Waals surface area contributed by atoms with E-state index in [2.05, 4.69) is 0 Å². The molecule has 0 atom stereocenters. The van der Waals surface area contributed by atoms with Crippen LogP contribution in [0.25, 0.3) is 0 Å². The summed E-state index contributed by atoms with van der Waals surface area (Å²) in [5.41, 5.74) is -0.903. The van der Waals surface area contributed by atoms with Gasteiger partial charge < -0.3 is 19.7 Å². The van der Waals surface area contributed by atoms with Crippen molar-refractivity contribution in [3.05, 3.63) is 0 Å². The zero-order valence-electron chi connectivity index (χ0n) is 18.9. The van der Waals surface area contributed by atoms with Crippen LogP contribution in [-0.4, -0.2) is 45.3 Å². The quantitative estimate of drug-likeness (QED) is 0.614. The largest absolute Gasteiger partial charge is 0.481 e. The smallest absolute Gasteiger partial charge is 0.306 e. The molecule has 0 aromatic rings. The summed E-state index contributed by atoms with van der Waals surface area (Å²) >= 11 is 0. The van der Waals surface area contributed by atoms with Crippen LogP contribution in [0.1, 0.15) is 80.1 Å². The Hall–Kier alpha value is -2.12. The van der Waals surface area contributed by atoms with Crippen molar-refractivity contribution >= 4 is 23.9 Å². The fourth-order valence-corrected chi connectivity index (χ4v) is 3.45. The Balaban J connectivity index is 0.000000300. The van der Waals surface area contributed by atoms with E-state index in [1.807, 2.05) is 41.5 Å². The van der Waals surface area contributed by atoms with Crippen LogP contribution in [0.2, 0.25) is 0 Å². The molecular formula is C22H36O8. The highest BCUT2D eigenvalue weighted by Crippen LogP contribution is 2.37. The van der Waals surface area contributed by atoms with Gasteiger partial charge in [0, 0.05) is 12.8 Å². The third kappa shape index (κ3) is 10.1. The number of aliphatic carboxylic acids is 2. The van der Waals surface area contributed by atoms with Gasteiger partial charge in [-0.15, -0.1) is 0 Å². The van der Waals surface area contributed by atoms with Crippen LogP contribution >= 0.6 is 0 Å². The molecule has 2 aliphatic carbocycles. The van der Waals surface area contributed by atoms with Gasteiger partial charge in [-0.05, 0) is 79.1 Å². The van der Waals surface area contributed by atoms with Gasteiger partial charge in [-0.3, -0.25) is 19.2 Å². The Morgan fingerprint density at radius 1 is 0.667 bits per heavy atom. The van der Waals surface area contributed by atoms with Crippen LogP contribution in [0.5, 0.6) is 0 Å². The number of esters is 2. The van der Waals surface area contributed by atoms with E-state index in [0.717, 1.165) is 0 Å². The summed E-state index contributed by atoms with van der Waals surface area (Å²) in [5.74, 6) is -2.07. The van der Waals surface area contributed by atoms with Crippen molar-refractivity contribution in [1.82, 2.24) is 0 Å². The van der Waals surface area contributed by atoms with Crippen LogP contribution in [0.4, 0.5) is 0 Å². The third-order valence-corrected chi connectivity index (χ3v) is 4.92. The van der Waals surface area contributed by atoms with Crippen molar-refractivity contribution in [3.8, 4) is 0 Å². The molecule has 0 amide bonds. The van der Waals surface area contributed by atoms with Gasteiger partial charge in [0.05, 0.1) is 11.8 Å². The minimum absolute atomic E-state index is 0.195. The molecule has 0 saturated heterocycles. The molecule has 0 bridgehead atoms. The summed E-state index contributed by atoms with van der Waals surface area (Å²) in [7, 11) is 0. The fourth-order valence-electron chi connectivity index (χ4n) is 3.45. The number of hydrogen-bond donors (Lipinski definition) is 2. The van der Waals surface area contributed by atoms with Gasteiger partial charge in [0.2, 0.25) is 0 Å². The molecular weight excluding hydrogens is 392 g/mol. The first-order valence-corrected chi connectivity index (χ1v) is 10.4. The summed E-state index contributed by atoms with van der Waals surface area (Å²) in [4.78, 5) is 43.8. The second kappa shape index (κ2) is 10.3. The van der Waals surface area contributed by atoms with Crippen LogP contribution in [-0.2, 0) is 28.7 Å². The van der Waals surface area contributed by atoms with Crippen molar-refractivity contribution < 1.29 is 38.9 Å². The lowest BCUT2D eigenvalue weighted by atomic mass is 9.73. The van der Waals surface area contributed by atoms with Gasteiger partial charge in [-0.2, -0.15) is 0 Å². The summed E-state index contributed by atoms with van der Waals surface area (Å²) in [5, 5.41) is 17.3. The second-order valence-electron chi connectivity index (χ2n) is 10.3. The Morgan fingerprint density at radius 3 is 1.13 bits per heavy atom. The highest BCUT2D eigenvalue weighted by molar-refractivity contribution is 5.74.